The highest BCUT2D eigenvalue weighted by atomic mass is 79.9. The highest BCUT2D eigenvalue weighted by molar-refractivity contribution is 9.10. The smallest absolute Gasteiger partial charge is 0.320 e. The molecule has 0 aliphatic heterocycles. The number of likely N-dealkylation sites (N-methyl/N-ethyl adjacent to an activating group) is 1. The van der Waals surface area contributed by atoms with Crippen LogP contribution < -0.4 is 4.74 Å². The number of carbonyl (C=O) groups excluding carboxylic acids is 1. The zero-order chi connectivity index (χ0) is 20.0. The molecule has 0 aliphatic rings. The Morgan fingerprint density at radius 1 is 1.15 bits per heavy atom. The summed E-state index contributed by atoms with van der Waals surface area (Å²) in [7, 11) is 1.86. The minimum absolute atomic E-state index is 0.221. The minimum Gasteiger partial charge on any atom is -0.492 e. The molecule has 0 amide bonds. The molecule has 0 unspecified atom stereocenters. The molecule has 0 spiro atoms. The fraction of sp³-hybridized carbons (Fsp3) is 0.381. The normalized spacial score (nSPS) is 11.5. The van der Waals surface area contributed by atoms with E-state index in [9.17, 15) is 4.79 Å². The summed E-state index contributed by atoms with van der Waals surface area (Å²) in [6.45, 7) is 6.83. The van der Waals surface area contributed by atoms with Crippen molar-refractivity contribution in [2.24, 2.45) is 0 Å². The molecular formula is C21H25BrClNO3. The standard InChI is InChI=1S/C21H25BrClNO3/c1-21(2,3)27-20(25)14-24(4)11-12-26-19-10-9-15(22)13-17(19)16-7-5-6-8-18(16)23/h5-10,13H,11-12,14H2,1-4H3. The quantitative estimate of drug-likeness (QED) is 0.524. The monoisotopic (exact) mass is 453 g/mol. The van der Waals surface area contributed by atoms with Crippen LogP contribution in [0.5, 0.6) is 5.75 Å². The third-order valence-electron chi connectivity index (χ3n) is 3.66. The van der Waals surface area contributed by atoms with Crippen molar-refractivity contribution in [3.05, 3.63) is 52.0 Å². The van der Waals surface area contributed by atoms with Crippen LogP contribution in [0.15, 0.2) is 46.9 Å². The largest absolute Gasteiger partial charge is 0.492 e. The molecule has 0 aliphatic carbocycles. The lowest BCUT2D eigenvalue weighted by molar-refractivity contribution is -0.155. The lowest BCUT2D eigenvalue weighted by Crippen LogP contribution is -2.34. The van der Waals surface area contributed by atoms with Crippen molar-refractivity contribution in [2.75, 3.05) is 26.7 Å². The van der Waals surface area contributed by atoms with E-state index in [4.69, 9.17) is 21.1 Å². The van der Waals surface area contributed by atoms with Crippen molar-refractivity contribution in [2.45, 2.75) is 26.4 Å². The van der Waals surface area contributed by atoms with Gasteiger partial charge in [0.05, 0.1) is 6.54 Å². The van der Waals surface area contributed by atoms with E-state index >= 15 is 0 Å². The molecule has 0 aromatic heterocycles. The van der Waals surface area contributed by atoms with Gasteiger partial charge in [-0.2, -0.15) is 0 Å². The molecule has 0 saturated carbocycles. The third kappa shape index (κ3) is 7.17. The lowest BCUT2D eigenvalue weighted by Gasteiger charge is -2.22. The lowest BCUT2D eigenvalue weighted by atomic mass is 10.0. The molecule has 0 fully saturated rings. The van der Waals surface area contributed by atoms with Gasteiger partial charge in [-0.05, 0) is 52.1 Å². The van der Waals surface area contributed by atoms with Gasteiger partial charge in [0.15, 0.2) is 0 Å². The van der Waals surface area contributed by atoms with E-state index in [0.29, 0.717) is 18.2 Å². The van der Waals surface area contributed by atoms with Gasteiger partial charge in [0.2, 0.25) is 0 Å². The van der Waals surface area contributed by atoms with Crippen molar-refractivity contribution in [3.8, 4) is 16.9 Å². The van der Waals surface area contributed by atoms with E-state index in [1.165, 1.54) is 0 Å². The summed E-state index contributed by atoms with van der Waals surface area (Å²) in [6.07, 6.45) is 0. The molecule has 4 nitrogen and oxygen atoms in total. The zero-order valence-corrected chi connectivity index (χ0v) is 18.4. The van der Waals surface area contributed by atoms with Crippen LogP contribution >= 0.6 is 27.5 Å². The number of hydrogen-bond donors (Lipinski definition) is 0. The van der Waals surface area contributed by atoms with Crippen LogP contribution in [-0.4, -0.2) is 43.2 Å². The highest BCUT2D eigenvalue weighted by Crippen LogP contribution is 2.36. The van der Waals surface area contributed by atoms with E-state index in [-0.39, 0.29) is 12.5 Å². The van der Waals surface area contributed by atoms with Crippen molar-refractivity contribution in [1.82, 2.24) is 4.90 Å². The SMILES string of the molecule is CN(CCOc1ccc(Br)cc1-c1ccccc1Cl)CC(=O)OC(C)(C)C. The van der Waals surface area contributed by atoms with Crippen molar-refractivity contribution in [3.63, 3.8) is 0 Å². The Hall–Kier alpha value is -1.56. The fourth-order valence-corrected chi connectivity index (χ4v) is 3.10. The maximum atomic E-state index is 11.9. The van der Waals surface area contributed by atoms with Gasteiger partial charge in [-0.25, -0.2) is 0 Å². The maximum absolute atomic E-state index is 11.9. The Bertz CT molecular complexity index is 789. The molecule has 6 heteroatoms. The Morgan fingerprint density at radius 3 is 2.52 bits per heavy atom. The molecular weight excluding hydrogens is 430 g/mol. The molecule has 146 valence electrons. The van der Waals surface area contributed by atoms with Crippen molar-refractivity contribution in [1.29, 1.82) is 0 Å². The number of carbonyl (C=O) groups is 1. The highest BCUT2D eigenvalue weighted by Gasteiger charge is 2.17. The van der Waals surface area contributed by atoms with Gasteiger partial charge in [-0.3, -0.25) is 9.69 Å². The Labute approximate surface area is 174 Å². The number of halogens is 2. The average Bonchev–Trinajstić information content (AvgIpc) is 2.55. The Morgan fingerprint density at radius 2 is 1.85 bits per heavy atom. The van der Waals surface area contributed by atoms with Crippen molar-refractivity contribution >= 4 is 33.5 Å². The minimum atomic E-state index is -0.476. The molecule has 0 radical (unpaired) electrons. The van der Waals surface area contributed by atoms with Crippen LogP contribution in [0.1, 0.15) is 20.8 Å². The molecule has 27 heavy (non-hydrogen) atoms. The van der Waals surface area contributed by atoms with Gasteiger partial charge in [0, 0.05) is 27.2 Å². The summed E-state index contributed by atoms with van der Waals surface area (Å²) in [4.78, 5) is 13.8. The van der Waals surface area contributed by atoms with Gasteiger partial charge in [0.1, 0.15) is 18.0 Å². The van der Waals surface area contributed by atoms with Gasteiger partial charge < -0.3 is 9.47 Å². The number of esters is 1. The average molecular weight is 455 g/mol. The zero-order valence-electron chi connectivity index (χ0n) is 16.1. The topological polar surface area (TPSA) is 38.8 Å². The molecule has 0 saturated heterocycles. The van der Waals surface area contributed by atoms with E-state index in [1.807, 2.05) is 75.2 Å². The van der Waals surface area contributed by atoms with Crippen molar-refractivity contribution < 1.29 is 14.3 Å². The number of hydrogen-bond acceptors (Lipinski definition) is 4. The van der Waals surface area contributed by atoms with Gasteiger partial charge >= 0.3 is 5.97 Å². The van der Waals surface area contributed by atoms with Gasteiger partial charge in [0.25, 0.3) is 0 Å². The summed E-state index contributed by atoms with van der Waals surface area (Å²) >= 11 is 9.85. The number of benzene rings is 2. The first kappa shape index (κ1) is 21.7. The van der Waals surface area contributed by atoms with Crippen LogP contribution in [0.4, 0.5) is 0 Å². The van der Waals surface area contributed by atoms with Crippen LogP contribution in [0.2, 0.25) is 5.02 Å². The second kappa shape index (κ2) is 9.58. The number of ether oxygens (including phenoxy) is 2. The van der Waals surface area contributed by atoms with E-state index < -0.39 is 5.60 Å². The van der Waals surface area contributed by atoms with Crippen LogP contribution in [0, 0.1) is 0 Å². The molecule has 2 rings (SSSR count). The maximum Gasteiger partial charge on any atom is 0.320 e. The molecule has 0 atom stereocenters. The van der Waals surface area contributed by atoms with Gasteiger partial charge in [-0.15, -0.1) is 0 Å². The van der Waals surface area contributed by atoms with Crippen LogP contribution in [0.3, 0.4) is 0 Å². The van der Waals surface area contributed by atoms with E-state index in [0.717, 1.165) is 21.3 Å². The first-order valence-corrected chi connectivity index (χ1v) is 9.90. The fourth-order valence-electron chi connectivity index (χ4n) is 2.50. The number of nitrogens with zero attached hydrogens (tertiary/aromatic N) is 1. The predicted octanol–water partition coefficient (Wildman–Crippen LogP) is 5.42. The van der Waals surface area contributed by atoms with Gasteiger partial charge in [-0.1, -0.05) is 45.7 Å². The third-order valence-corrected chi connectivity index (χ3v) is 4.48. The molecule has 2 aromatic rings. The summed E-state index contributed by atoms with van der Waals surface area (Å²) in [5.41, 5.74) is 1.36. The first-order chi connectivity index (χ1) is 12.7. The first-order valence-electron chi connectivity index (χ1n) is 8.73. The summed E-state index contributed by atoms with van der Waals surface area (Å²) in [5, 5.41) is 0.669. The summed E-state index contributed by atoms with van der Waals surface area (Å²) in [6, 6.07) is 13.5. The van der Waals surface area contributed by atoms with E-state index in [2.05, 4.69) is 15.9 Å². The summed E-state index contributed by atoms with van der Waals surface area (Å²) < 4.78 is 12.3. The second-order valence-corrected chi connectivity index (χ2v) is 8.62. The van der Waals surface area contributed by atoms with Crippen LogP contribution in [0.25, 0.3) is 11.1 Å². The van der Waals surface area contributed by atoms with Crippen LogP contribution in [-0.2, 0) is 9.53 Å². The second-order valence-electron chi connectivity index (χ2n) is 7.29. The molecule has 0 heterocycles. The Kier molecular flexibility index (Phi) is 7.71. The summed E-state index contributed by atoms with van der Waals surface area (Å²) in [5.74, 6) is 0.502. The number of rotatable bonds is 7. The predicted molar refractivity (Wildman–Crippen MR) is 113 cm³/mol. The molecule has 0 bridgehead atoms. The molecule has 0 N–H and O–H groups in total. The van der Waals surface area contributed by atoms with E-state index in [1.54, 1.807) is 0 Å². The Balaban J connectivity index is 1.99. The molecule has 2 aromatic carbocycles.